The number of hydrogen-bond acceptors (Lipinski definition) is 3. The molecule has 0 spiro atoms. The lowest BCUT2D eigenvalue weighted by atomic mass is 9.97. The Bertz CT molecular complexity index is 341. The maximum atomic E-state index is 8.83. The smallest absolute Gasteiger partial charge is 0.144 e. The zero-order valence-corrected chi connectivity index (χ0v) is 8.13. The summed E-state index contributed by atoms with van der Waals surface area (Å²) in [5.41, 5.74) is 1.61. The van der Waals surface area contributed by atoms with Gasteiger partial charge in [-0.15, -0.1) is 0 Å². The number of nitrogens with zero attached hydrogens (tertiary/aromatic N) is 2. The normalized spacial score (nSPS) is 9.69. The quantitative estimate of drug-likeness (QED) is 0.642. The van der Waals surface area contributed by atoms with Gasteiger partial charge in [0.25, 0.3) is 0 Å². The van der Waals surface area contributed by atoms with Gasteiger partial charge in [-0.05, 0) is 19.9 Å². The van der Waals surface area contributed by atoms with Crippen molar-refractivity contribution >= 4 is 19.1 Å². The first kappa shape index (κ1) is 9.59. The highest BCUT2D eigenvalue weighted by atomic mass is 15.0. The largest absolute Gasteiger partial charge is 0.367 e. The zero-order chi connectivity index (χ0) is 9.84. The molecule has 4 heteroatoms. The summed E-state index contributed by atoms with van der Waals surface area (Å²) in [4.78, 5) is 4.16. The Balaban J connectivity index is 3.01. The molecule has 0 bridgehead atoms. The van der Waals surface area contributed by atoms with Gasteiger partial charge < -0.3 is 5.32 Å². The van der Waals surface area contributed by atoms with E-state index in [0.29, 0.717) is 17.4 Å². The number of pyridine rings is 1. The van der Waals surface area contributed by atoms with Gasteiger partial charge in [0.2, 0.25) is 0 Å². The molecule has 13 heavy (non-hydrogen) atoms. The minimum atomic E-state index is 0.294. The fourth-order valence-electron chi connectivity index (χ4n) is 1.04. The topological polar surface area (TPSA) is 48.7 Å². The molecule has 0 aliphatic carbocycles. The van der Waals surface area contributed by atoms with Gasteiger partial charge in [-0.2, -0.15) is 5.26 Å². The van der Waals surface area contributed by atoms with E-state index >= 15 is 0 Å². The van der Waals surface area contributed by atoms with Crippen LogP contribution in [-0.2, 0) is 0 Å². The van der Waals surface area contributed by atoms with Crippen molar-refractivity contribution in [3.8, 4) is 6.07 Å². The fraction of sp³-hybridized carbons (Fsp3) is 0.333. The van der Waals surface area contributed by atoms with Gasteiger partial charge in [0, 0.05) is 12.2 Å². The minimum Gasteiger partial charge on any atom is -0.367 e. The standard InChI is InChI=1S/C9H12BN3/c1-6(2)13-9-7(4-11)3-8(10)5-12-9/h3,5-6H,10H2,1-2H3,(H,12,13). The average molecular weight is 173 g/mol. The van der Waals surface area contributed by atoms with E-state index in [1.54, 1.807) is 6.20 Å². The number of rotatable bonds is 2. The Hall–Kier alpha value is -1.50. The Labute approximate surface area is 79.2 Å². The number of aromatic nitrogens is 1. The lowest BCUT2D eigenvalue weighted by molar-refractivity contribution is 0.888. The number of nitriles is 1. The van der Waals surface area contributed by atoms with Crippen LogP contribution in [0.1, 0.15) is 19.4 Å². The van der Waals surface area contributed by atoms with Gasteiger partial charge in [0.1, 0.15) is 19.7 Å². The first-order valence-corrected chi connectivity index (χ1v) is 4.26. The van der Waals surface area contributed by atoms with E-state index in [9.17, 15) is 0 Å². The Morgan fingerprint density at radius 2 is 2.31 bits per heavy atom. The predicted molar refractivity (Wildman–Crippen MR) is 55.9 cm³/mol. The van der Waals surface area contributed by atoms with Crippen LogP contribution in [0.25, 0.3) is 0 Å². The molecule has 66 valence electrons. The lowest BCUT2D eigenvalue weighted by Crippen LogP contribution is -2.15. The van der Waals surface area contributed by atoms with E-state index in [-0.39, 0.29) is 0 Å². The molecule has 0 aromatic carbocycles. The van der Waals surface area contributed by atoms with Crippen molar-refractivity contribution in [2.45, 2.75) is 19.9 Å². The van der Waals surface area contributed by atoms with Crippen LogP contribution < -0.4 is 10.8 Å². The molecule has 0 amide bonds. The molecule has 0 atom stereocenters. The van der Waals surface area contributed by atoms with E-state index < -0.39 is 0 Å². The van der Waals surface area contributed by atoms with Gasteiger partial charge in [0.05, 0.1) is 5.56 Å². The molecule has 0 radical (unpaired) electrons. The Morgan fingerprint density at radius 3 is 2.85 bits per heavy atom. The van der Waals surface area contributed by atoms with Gasteiger partial charge in [0.15, 0.2) is 0 Å². The second-order valence-corrected chi connectivity index (χ2v) is 3.32. The minimum absolute atomic E-state index is 0.294. The molecule has 1 N–H and O–H groups in total. The molecule has 0 saturated heterocycles. The van der Waals surface area contributed by atoms with Gasteiger partial charge in [-0.3, -0.25) is 0 Å². The number of hydrogen-bond donors (Lipinski definition) is 1. The highest BCUT2D eigenvalue weighted by molar-refractivity contribution is 6.32. The summed E-state index contributed by atoms with van der Waals surface area (Å²) < 4.78 is 0. The van der Waals surface area contributed by atoms with Gasteiger partial charge in [-0.25, -0.2) is 4.98 Å². The summed E-state index contributed by atoms with van der Waals surface area (Å²) in [7, 11) is 1.92. The molecule has 1 aromatic heterocycles. The second kappa shape index (κ2) is 3.95. The van der Waals surface area contributed by atoms with Crippen LogP contribution >= 0.6 is 0 Å². The van der Waals surface area contributed by atoms with Crippen LogP contribution in [0.3, 0.4) is 0 Å². The lowest BCUT2D eigenvalue weighted by Gasteiger charge is -2.10. The zero-order valence-electron chi connectivity index (χ0n) is 8.13. The van der Waals surface area contributed by atoms with Crippen molar-refractivity contribution in [2.75, 3.05) is 5.32 Å². The third-order valence-corrected chi connectivity index (χ3v) is 1.57. The summed E-state index contributed by atoms with van der Waals surface area (Å²) in [6, 6.07) is 4.24. The summed E-state index contributed by atoms with van der Waals surface area (Å²) in [5.74, 6) is 0.670. The van der Waals surface area contributed by atoms with E-state index in [2.05, 4.69) is 16.4 Å². The summed E-state index contributed by atoms with van der Waals surface area (Å²) in [5, 5.41) is 11.9. The van der Waals surface area contributed by atoms with Crippen LogP contribution in [0.2, 0.25) is 0 Å². The molecule has 0 aliphatic heterocycles. The van der Waals surface area contributed by atoms with Crippen molar-refractivity contribution in [1.82, 2.24) is 4.98 Å². The summed E-state index contributed by atoms with van der Waals surface area (Å²) in [6.45, 7) is 4.03. The van der Waals surface area contributed by atoms with Crippen LogP contribution in [0.4, 0.5) is 5.82 Å². The van der Waals surface area contributed by atoms with E-state index in [1.807, 2.05) is 27.8 Å². The molecular formula is C9H12BN3. The third-order valence-electron chi connectivity index (χ3n) is 1.57. The van der Waals surface area contributed by atoms with Crippen molar-refractivity contribution in [2.24, 2.45) is 0 Å². The molecule has 0 unspecified atom stereocenters. The Morgan fingerprint density at radius 1 is 1.62 bits per heavy atom. The van der Waals surface area contributed by atoms with Crippen LogP contribution in [0.15, 0.2) is 12.3 Å². The summed E-state index contributed by atoms with van der Waals surface area (Å²) >= 11 is 0. The van der Waals surface area contributed by atoms with Gasteiger partial charge >= 0.3 is 0 Å². The van der Waals surface area contributed by atoms with Crippen LogP contribution in [0.5, 0.6) is 0 Å². The first-order valence-electron chi connectivity index (χ1n) is 4.26. The molecule has 0 saturated carbocycles. The van der Waals surface area contributed by atoms with E-state index in [4.69, 9.17) is 5.26 Å². The first-order chi connectivity index (χ1) is 6.13. The molecule has 0 fully saturated rings. The molecule has 3 nitrogen and oxygen atoms in total. The maximum Gasteiger partial charge on any atom is 0.144 e. The SMILES string of the molecule is Bc1cnc(NC(C)C)c(C#N)c1. The molecule has 0 aliphatic rings. The average Bonchev–Trinajstić information content (AvgIpc) is 2.07. The molecule has 1 heterocycles. The number of anilines is 1. The van der Waals surface area contributed by atoms with Crippen molar-refractivity contribution in [1.29, 1.82) is 5.26 Å². The highest BCUT2D eigenvalue weighted by Gasteiger charge is 2.03. The number of nitrogens with one attached hydrogen (secondary N) is 1. The van der Waals surface area contributed by atoms with Crippen LogP contribution in [-0.4, -0.2) is 18.9 Å². The third kappa shape index (κ3) is 2.48. The molecule has 1 rings (SSSR count). The fourth-order valence-corrected chi connectivity index (χ4v) is 1.04. The molecule has 1 aromatic rings. The highest BCUT2D eigenvalue weighted by Crippen LogP contribution is 2.09. The predicted octanol–water partition coefficient (Wildman–Crippen LogP) is 0.0320. The summed E-state index contributed by atoms with van der Waals surface area (Å²) in [6.07, 6.45) is 1.76. The van der Waals surface area contributed by atoms with Crippen LogP contribution in [0, 0.1) is 11.3 Å². The second-order valence-electron chi connectivity index (χ2n) is 3.32. The van der Waals surface area contributed by atoms with Gasteiger partial charge in [-0.1, -0.05) is 5.46 Å². The van der Waals surface area contributed by atoms with Crippen molar-refractivity contribution in [3.05, 3.63) is 17.8 Å². The van der Waals surface area contributed by atoms with E-state index in [1.165, 1.54) is 0 Å². The van der Waals surface area contributed by atoms with E-state index in [0.717, 1.165) is 5.46 Å². The maximum absolute atomic E-state index is 8.83. The monoisotopic (exact) mass is 173 g/mol. The van der Waals surface area contributed by atoms with Crippen molar-refractivity contribution < 1.29 is 0 Å². The van der Waals surface area contributed by atoms with Crippen molar-refractivity contribution in [3.63, 3.8) is 0 Å². The molecular weight excluding hydrogens is 161 g/mol. The Kier molecular flexibility index (Phi) is 2.91.